The molecule has 1 aromatic heterocycles. The van der Waals surface area contributed by atoms with E-state index < -0.39 is 61.6 Å². The van der Waals surface area contributed by atoms with Gasteiger partial charge in [-0.3, -0.25) is 14.4 Å². The van der Waals surface area contributed by atoms with Gasteiger partial charge in [-0.1, -0.05) is 18.2 Å². The molecule has 0 aliphatic carbocycles. The number of nitrogens with one attached hydrogen (secondary N) is 4. The van der Waals surface area contributed by atoms with E-state index in [9.17, 15) is 29.4 Å². The van der Waals surface area contributed by atoms with Crippen molar-refractivity contribution in [1.82, 2.24) is 20.9 Å². The van der Waals surface area contributed by atoms with Gasteiger partial charge in [0.15, 0.2) is 0 Å². The predicted octanol–water partition coefficient (Wildman–Crippen LogP) is -2.81. The molecular weight excluding hydrogens is 410 g/mol. The van der Waals surface area contributed by atoms with Crippen molar-refractivity contribution in [3.63, 3.8) is 0 Å². The number of aromatic nitrogens is 1. The highest BCUT2D eigenvalue weighted by molar-refractivity contribution is 5.93. The number of aliphatic hydroxyl groups excluding tert-OH is 2. The summed E-state index contributed by atoms with van der Waals surface area (Å²) in [6.07, 6.45) is 1.69. The standard InChI is InChI=1S/C19H25N5O7/c20-12(8-25)17(28)24-15(9-26)18(29)22-7-16(27)23-14(19(30)31)5-10-6-21-13-4-2-1-3-11(10)13/h1-4,6,12,14-15,21,25-26H,5,7-9,20H2,(H,22,29)(H,23,27)(H,24,28)(H,30,31). The van der Waals surface area contributed by atoms with E-state index in [0.717, 1.165) is 10.9 Å². The van der Waals surface area contributed by atoms with Gasteiger partial charge in [-0.25, -0.2) is 4.79 Å². The molecule has 1 heterocycles. The number of aromatic amines is 1. The van der Waals surface area contributed by atoms with E-state index in [2.05, 4.69) is 20.9 Å². The van der Waals surface area contributed by atoms with E-state index in [1.807, 2.05) is 24.3 Å². The number of hydrogen-bond acceptors (Lipinski definition) is 7. The van der Waals surface area contributed by atoms with Crippen LogP contribution in [0.2, 0.25) is 0 Å². The zero-order chi connectivity index (χ0) is 23.0. The minimum atomic E-state index is -1.39. The lowest BCUT2D eigenvalue weighted by Crippen LogP contribution is -2.55. The molecule has 3 atom stereocenters. The van der Waals surface area contributed by atoms with Gasteiger partial charge in [0.05, 0.1) is 19.8 Å². The second-order valence-corrected chi connectivity index (χ2v) is 6.77. The second kappa shape index (κ2) is 11.1. The third kappa shape index (κ3) is 6.50. The first kappa shape index (κ1) is 23.8. The van der Waals surface area contributed by atoms with Gasteiger partial charge in [0, 0.05) is 23.5 Å². The molecule has 0 aliphatic rings. The van der Waals surface area contributed by atoms with Gasteiger partial charge in [0.25, 0.3) is 0 Å². The first-order valence-electron chi connectivity index (χ1n) is 9.39. The molecule has 0 saturated heterocycles. The number of aliphatic hydroxyl groups is 2. The maximum Gasteiger partial charge on any atom is 0.326 e. The summed E-state index contributed by atoms with van der Waals surface area (Å²) < 4.78 is 0. The zero-order valence-corrected chi connectivity index (χ0v) is 16.5. The highest BCUT2D eigenvalue weighted by Gasteiger charge is 2.25. The number of fused-ring (bicyclic) bond motifs is 1. The molecule has 3 amide bonds. The Morgan fingerprint density at radius 3 is 2.35 bits per heavy atom. The van der Waals surface area contributed by atoms with Gasteiger partial charge < -0.3 is 42.0 Å². The van der Waals surface area contributed by atoms with E-state index in [1.54, 1.807) is 6.20 Å². The fourth-order valence-corrected chi connectivity index (χ4v) is 2.81. The van der Waals surface area contributed by atoms with E-state index in [-0.39, 0.29) is 6.42 Å². The quantitative estimate of drug-likeness (QED) is 0.184. The summed E-state index contributed by atoms with van der Waals surface area (Å²) >= 11 is 0. The summed E-state index contributed by atoms with van der Waals surface area (Å²) in [4.78, 5) is 50.4. The lowest BCUT2D eigenvalue weighted by molar-refractivity contribution is -0.141. The Balaban J connectivity index is 1.92. The molecule has 1 aromatic carbocycles. The highest BCUT2D eigenvalue weighted by Crippen LogP contribution is 2.19. The van der Waals surface area contributed by atoms with Crippen LogP contribution < -0.4 is 21.7 Å². The van der Waals surface area contributed by atoms with Crippen molar-refractivity contribution in [3.8, 4) is 0 Å². The van der Waals surface area contributed by atoms with E-state index in [4.69, 9.17) is 10.8 Å². The molecule has 0 aliphatic heterocycles. The minimum absolute atomic E-state index is 0.0212. The van der Waals surface area contributed by atoms with Crippen molar-refractivity contribution in [3.05, 3.63) is 36.0 Å². The van der Waals surface area contributed by atoms with Crippen molar-refractivity contribution in [2.75, 3.05) is 19.8 Å². The Labute approximate surface area is 176 Å². The van der Waals surface area contributed by atoms with Crippen LogP contribution in [0.4, 0.5) is 0 Å². The number of carbonyl (C=O) groups excluding carboxylic acids is 3. The molecule has 9 N–H and O–H groups in total. The number of H-pyrrole nitrogens is 1. The maximum absolute atomic E-state index is 12.1. The van der Waals surface area contributed by atoms with Gasteiger partial charge >= 0.3 is 5.97 Å². The van der Waals surface area contributed by atoms with Crippen molar-refractivity contribution in [2.24, 2.45) is 5.73 Å². The first-order valence-corrected chi connectivity index (χ1v) is 9.39. The molecule has 0 fully saturated rings. The Morgan fingerprint density at radius 2 is 1.71 bits per heavy atom. The number of carboxylic acid groups (broad SMARTS) is 1. The normalized spacial score (nSPS) is 13.8. The molecule has 2 rings (SSSR count). The topological polar surface area (TPSA) is 207 Å². The molecule has 3 unspecified atom stereocenters. The number of rotatable bonds is 11. The van der Waals surface area contributed by atoms with Crippen LogP contribution in [-0.4, -0.2) is 81.9 Å². The Morgan fingerprint density at radius 1 is 1.00 bits per heavy atom. The van der Waals surface area contributed by atoms with Crippen LogP contribution in [0.15, 0.2) is 30.5 Å². The average molecular weight is 435 g/mol. The van der Waals surface area contributed by atoms with Crippen LogP contribution in [0.1, 0.15) is 5.56 Å². The van der Waals surface area contributed by atoms with Crippen LogP contribution in [0.5, 0.6) is 0 Å². The number of hydrogen-bond donors (Lipinski definition) is 8. The fourth-order valence-electron chi connectivity index (χ4n) is 2.81. The van der Waals surface area contributed by atoms with E-state index in [1.165, 1.54) is 0 Å². The molecule has 2 aromatic rings. The number of benzene rings is 1. The summed E-state index contributed by atoms with van der Waals surface area (Å²) in [6, 6.07) is 3.42. The molecule has 0 radical (unpaired) electrons. The third-order valence-corrected chi connectivity index (χ3v) is 4.50. The van der Waals surface area contributed by atoms with Crippen molar-refractivity contribution >= 4 is 34.6 Å². The lowest BCUT2D eigenvalue weighted by atomic mass is 10.0. The Hall–Kier alpha value is -3.48. The van der Waals surface area contributed by atoms with Crippen molar-refractivity contribution in [2.45, 2.75) is 24.5 Å². The minimum Gasteiger partial charge on any atom is -0.480 e. The lowest BCUT2D eigenvalue weighted by Gasteiger charge is -2.19. The van der Waals surface area contributed by atoms with Gasteiger partial charge in [-0.05, 0) is 11.6 Å². The monoisotopic (exact) mass is 435 g/mol. The molecule has 0 bridgehead atoms. The van der Waals surface area contributed by atoms with Crippen LogP contribution in [0.3, 0.4) is 0 Å². The van der Waals surface area contributed by atoms with Gasteiger partial charge in [-0.2, -0.15) is 0 Å². The van der Waals surface area contributed by atoms with E-state index in [0.29, 0.717) is 5.56 Å². The molecule has 12 nitrogen and oxygen atoms in total. The smallest absolute Gasteiger partial charge is 0.326 e. The number of para-hydroxylation sites is 1. The summed E-state index contributed by atoms with van der Waals surface area (Å²) in [6.45, 7) is -1.99. The Bertz CT molecular complexity index is 945. The van der Waals surface area contributed by atoms with Crippen LogP contribution in [-0.2, 0) is 25.6 Å². The highest BCUT2D eigenvalue weighted by atomic mass is 16.4. The molecule has 0 spiro atoms. The molecule has 12 heteroatoms. The Kier molecular flexibility index (Phi) is 8.49. The number of nitrogens with two attached hydrogens (primary N) is 1. The van der Waals surface area contributed by atoms with Crippen LogP contribution in [0.25, 0.3) is 10.9 Å². The first-order chi connectivity index (χ1) is 14.8. The summed E-state index contributed by atoms with van der Waals surface area (Å²) in [5.41, 5.74) is 6.85. The largest absolute Gasteiger partial charge is 0.480 e. The molecule has 168 valence electrons. The number of carbonyl (C=O) groups is 4. The molecule has 31 heavy (non-hydrogen) atoms. The number of amides is 3. The van der Waals surface area contributed by atoms with Gasteiger partial charge in [0.1, 0.15) is 18.1 Å². The van der Waals surface area contributed by atoms with Crippen LogP contribution >= 0.6 is 0 Å². The van der Waals surface area contributed by atoms with E-state index >= 15 is 0 Å². The summed E-state index contributed by atoms with van der Waals surface area (Å²) in [5.74, 6) is -3.75. The van der Waals surface area contributed by atoms with Crippen molar-refractivity contribution < 1.29 is 34.5 Å². The fraction of sp³-hybridized carbons (Fsp3) is 0.368. The second-order valence-electron chi connectivity index (χ2n) is 6.77. The number of aliphatic carboxylic acids is 1. The molecule has 0 saturated carbocycles. The van der Waals surface area contributed by atoms with Crippen LogP contribution in [0, 0.1) is 0 Å². The summed E-state index contributed by atoms with van der Waals surface area (Å²) in [5, 5.41) is 35.0. The third-order valence-electron chi connectivity index (χ3n) is 4.50. The average Bonchev–Trinajstić information content (AvgIpc) is 3.17. The summed E-state index contributed by atoms with van der Waals surface area (Å²) in [7, 11) is 0. The van der Waals surface area contributed by atoms with Gasteiger partial charge in [0.2, 0.25) is 17.7 Å². The maximum atomic E-state index is 12.1. The van der Waals surface area contributed by atoms with Gasteiger partial charge in [-0.15, -0.1) is 0 Å². The zero-order valence-electron chi connectivity index (χ0n) is 16.5. The number of carboxylic acids is 1. The predicted molar refractivity (Wildman–Crippen MR) is 109 cm³/mol. The van der Waals surface area contributed by atoms with Crippen molar-refractivity contribution in [1.29, 1.82) is 0 Å². The SMILES string of the molecule is NC(CO)C(=O)NC(CO)C(=O)NCC(=O)NC(Cc1c[nH]c2ccccc12)C(=O)O. The molecular formula is C19H25N5O7.